The van der Waals surface area contributed by atoms with Crippen LogP contribution in [0.1, 0.15) is 64.6 Å². The summed E-state index contributed by atoms with van der Waals surface area (Å²) in [6, 6.07) is 18.6. The Hall–Kier alpha value is -6.27. The number of piperidine rings is 1. The number of nitrogens with zero attached hydrogens (tertiary/aromatic N) is 6. The number of aryl methyl sites for hydroxylation is 2. The van der Waals surface area contributed by atoms with Crippen LogP contribution in [0.4, 0.5) is 11.4 Å². The highest BCUT2D eigenvalue weighted by Gasteiger charge is 2.33. The lowest BCUT2D eigenvalue weighted by atomic mass is 9.99. The SMILES string of the molecule is Cc1sc2c(c1C)C(c1ccc(Cl)cc1)=N[C@@H](CC(=O)Nc1ccc(OCCOCCOCCNc3ccc4c(=O)n(C5CCC(=O)NC5=O)ncc4c3)cc1)c1nnc(C)n1-2. The molecule has 0 spiro atoms. The van der Waals surface area contributed by atoms with Crippen LogP contribution >= 0.6 is 22.9 Å². The van der Waals surface area contributed by atoms with Crippen molar-refractivity contribution in [2.75, 3.05) is 50.2 Å². The zero-order valence-electron chi connectivity index (χ0n) is 34.3. The van der Waals surface area contributed by atoms with Crippen LogP contribution in [-0.2, 0) is 23.9 Å². The van der Waals surface area contributed by atoms with Crippen molar-refractivity contribution in [1.82, 2.24) is 29.9 Å². The maximum Gasteiger partial charge on any atom is 0.275 e. The quantitative estimate of drug-likeness (QED) is 0.0759. The Labute approximate surface area is 365 Å². The van der Waals surface area contributed by atoms with E-state index in [1.165, 1.54) is 4.88 Å². The molecule has 6 aromatic rings. The number of anilines is 2. The largest absolute Gasteiger partial charge is 0.491 e. The van der Waals surface area contributed by atoms with Crippen molar-refractivity contribution in [2.45, 2.75) is 52.1 Å². The van der Waals surface area contributed by atoms with Crippen LogP contribution in [0.25, 0.3) is 15.8 Å². The molecule has 2 aliphatic rings. The summed E-state index contributed by atoms with van der Waals surface area (Å²) in [6.45, 7) is 8.56. The molecule has 8 rings (SSSR count). The smallest absolute Gasteiger partial charge is 0.275 e. The number of halogens is 1. The first-order valence-corrected chi connectivity index (χ1v) is 21.4. The monoisotopic (exact) mass is 877 g/mol. The van der Waals surface area contributed by atoms with E-state index in [0.717, 1.165) is 43.6 Å². The van der Waals surface area contributed by atoms with Crippen molar-refractivity contribution in [3.8, 4) is 10.8 Å². The van der Waals surface area contributed by atoms with Crippen molar-refractivity contribution >= 4 is 68.5 Å². The molecule has 62 heavy (non-hydrogen) atoms. The number of amides is 3. The molecule has 3 N–H and O–H groups in total. The minimum Gasteiger partial charge on any atom is -0.491 e. The lowest BCUT2D eigenvalue weighted by Gasteiger charge is -2.21. The van der Waals surface area contributed by atoms with Crippen LogP contribution in [-0.4, -0.2) is 87.6 Å². The first-order chi connectivity index (χ1) is 30.0. The van der Waals surface area contributed by atoms with Gasteiger partial charge in [0.2, 0.25) is 11.8 Å². The molecule has 2 atom stereocenters. The number of aromatic nitrogens is 5. The van der Waals surface area contributed by atoms with Gasteiger partial charge in [0.1, 0.15) is 35.3 Å². The topological polar surface area (TPSA) is 193 Å². The average Bonchev–Trinajstić information content (AvgIpc) is 3.74. The maximum absolute atomic E-state index is 13.5. The molecule has 0 saturated carbocycles. The average molecular weight is 878 g/mol. The van der Waals surface area contributed by atoms with Crippen LogP contribution in [0.15, 0.2) is 82.7 Å². The molecule has 3 amide bonds. The van der Waals surface area contributed by atoms with E-state index in [2.05, 4.69) is 45.1 Å². The Morgan fingerprint density at radius 3 is 2.44 bits per heavy atom. The Kier molecular flexibility index (Phi) is 12.8. The molecule has 0 bridgehead atoms. The third-order valence-corrected chi connectivity index (χ3v) is 12.1. The zero-order chi connectivity index (χ0) is 43.3. The number of benzene rings is 3. The van der Waals surface area contributed by atoms with E-state index in [1.807, 2.05) is 41.8 Å². The molecule has 5 heterocycles. The minimum absolute atomic E-state index is 0.0572. The summed E-state index contributed by atoms with van der Waals surface area (Å²) >= 11 is 7.90. The second-order valence-corrected chi connectivity index (χ2v) is 16.5. The molecule has 1 unspecified atom stereocenters. The Morgan fingerprint density at radius 1 is 0.919 bits per heavy atom. The number of ether oxygens (including phenoxy) is 3. The number of nitrogens with one attached hydrogen (secondary N) is 3. The van der Waals surface area contributed by atoms with E-state index in [1.54, 1.807) is 53.9 Å². The summed E-state index contributed by atoms with van der Waals surface area (Å²) in [5.74, 6) is 0.893. The van der Waals surface area contributed by atoms with Crippen molar-refractivity contribution in [3.05, 3.63) is 122 Å². The number of fused-ring (bicyclic) bond motifs is 4. The summed E-state index contributed by atoms with van der Waals surface area (Å²) < 4.78 is 20.4. The van der Waals surface area contributed by atoms with Gasteiger partial charge in [-0.05, 0) is 87.4 Å². The fraction of sp³-hybridized carbons (Fsp3) is 0.318. The van der Waals surface area contributed by atoms with E-state index in [4.69, 9.17) is 30.8 Å². The van der Waals surface area contributed by atoms with Gasteiger partial charge >= 0.3 is 0 Å². The number of hydrogen-bond donors (Lipinski definition) is 3. The fourth-order valence-electron chi connectivity index (χ4n) is 7.37. The van der Waals surface area contributed by atoms with E-state index >= 15 is 0 Å². The second-order valence-electron chi connectivity index (χ2n) is 14.8. The third kappa shape index (κ3) is 9.30. The predicted molar refractivity (Wildman–Crippen MR) is 236 cm³/mol. The Bertz CT molecular complexity index is 2730. The molecule has 3 aromatic heterocycles. The van der Waals surface area contributed by atoms with Gasteiger partial charge in [0.15, 0.2) is 5.82 Å². The molecule has 3 aromatic carbocycles. The predicted octanol–water partition coefficient (Wildman–Crippen LogP) is 6.04. The summed E-state index contributed by atoms with van der Waals surface area (Å²) in [4.78, 5) is 56.6. The first kappa shape index (κ1) is 42.4. The molecule has 16 nitrogen and oxygen atoms in total. The van der Waals surface area contributed by atoms with E-state index in [9.17, 15) is 19.2 Å². The highest BCUT2D eigenvalue weighted by molar-refractivity contribution is 7.15. The maximum atomic E-state index is 13.5. The summed E-state index contributed by atoms with van der Waals surface area (Å²) in [6.07, 6.45) is 2.00. The van der Waals surface area contributed by atoms with Gasteiger partial charge in [0.25, 0.3) is 11.5 Å². The summed E-state index contributed by atoms with van der Waals surface area (Å²) in [5, 5.41) is 24.3. The standard InChI is InChI=1S/C44H44ClN9O7S/c1-25-26(2)62-44-39(25)40(28-4-6-30(45)7-5-28)49-35(41-52-51-27(3)53(41)44)23-38(56)48-31-8-11-33(12-9-31)61-21-20-60-19-18-59-17-16-46-32-10-13-34-29(22-32)24-47-54(43(34)58)36-14-15-37(55)50-42(36)57/h4-13,22,24,35-36,46H,14-21,23H2,1-3H3,(H,48,56)(H,50,55,57)/t35-,36?/m0/s1. The minimum atomic E-state index is -0.810. The zero-order valence-corrected chi connectivity index (χ0v) is 35.8. The lowest BCUT2D eigenvalue weighted by molar-refractivity contribution is -0.136. The van der Waals surface area contributed by atoms with E-state index < -0.39 is 18.0 Å². The summed E-state index contributed by atoms with van der Waals surface area (Å²) in [5.41, 5.74) is 4.86. The number of hydrogen-bond acceptors (Lipinski definition) is 13. The highest BCUT2D eigenvalue weighted by atomic mass is 35.5. The van der Waals surface area contributed by atoms with Gasteiger partial charge in [-0.2, -0.15) is 5.10 Å². The Morgan fingerprint density at radius 2 is 1.66 bits per heavy atom. The molecule has 1 saturated heterocycles. The fourth-order valence-corrected chi connectivity index (χ4v) is 8.71. The van der Waals surface area contributed by atoms with Gasteiger partial charge in [-0.3, -0.25) is 34.1 Å². The molecule has 2 aliphatic heterocycles. The van der Waals surface area contributed by atoms with Gasteiger partial charge in [-0.15, -0.1) is 21.5 Å². The van der Waals surface area contributed by atoms with Crippen LogP contribution in [0.3, 0.4) is 0 Å². The Balaban J connectivity index is 0.756. The van der Waals surface area contributed by atoms with Gasteiger partial charge in [-0.25, -0.2) is 4.68 Å². The third-order valence-electron chi connectivity index (χ3n) is 10.6. The number of carbonyl (C=O) groups is 3. The van der Waals surface area contributed by atoms with Gasteiger partial charge in [0.05, 0.1) is 50.1 Å². The van der Waals surface area contributed by atoms with Crippen LogP contribution in [0.5, 0.6) is 5.75 Å². The number of rotatable bonds is 16. The molecular weight excluding hydrogens is 834 g/mol. The van der Waals surface area contributed by atoms with Crippen molar-refractivity contribution < 1.29 is 28.6 Å². The van der Waals surface area contributed by atoms with Crippen LogP contribution < -0.4 is 26.2 Å². The number of thiophene rings is 1. The molecule has 0 aliphatic carbocycles. The summed E-state index contributed by atoms with van der Waals surface area (Å²) in [7, 11) is 0. The van der Waals surface area contributed by atoms with Gasteiger partial charge in [-0.1, -0.05) is 23.7 Å². The molecule has 0 radical (unpaired) electrons. The lowest BCUT2D eigenvalue weighted by Crippen LogP contribution is -2.45. The number of aliphatic imine (C=N–C) groups is 1. The second kappa shape index (κ2) is 18.8. The van der Waals surface area contributed by atoms with E-state index in [-0.39, 0.29) is 36.6 Å². The van der Waals surface area contributed by atoms with E-state index in [0.29, 0.717) is 72.6 Å². The first-order valence-electron chi connectivity index (χ1n) is 20.2. The van der Waals surface area contributed by atoms with Crippen molar-refractivity contribution in [2.24, 2.45) is 4.99 Å². The highest BCUT2D eigenvalue weighted by Crippen LogP contribution is 2.39. The van der Waals surface area contributed by atoms with Crippen molar-refractivity contribution in [3.63, 3.8) is 0 Å². The number of carbonyl (C=O) groups excluding carboxylic acids is 3. The van der Waals surface area contributed by atoms with Crippen LogP contribution in [0.2, 0.25) is 5.02 Å². The molecule has 1 fully saturated rings. The molecular formula is C44H44ClN9O7S. The van der Waals surface area contributed by atoms with Gasteiger partial charge < -0.3 is 24.8 Å². The van der Waals surface area contributed by atoms with Gasteiger partial charge in [0, 0.05) is 50.8 Å². The van der Waals surface area contributed by atoms with Crippen molar-refractivity contribution in [1.29, 1.82) is 0 Å². The number of imide groups is 1. The normalized spacial score (nSPS) is 16.0. The van der Waals surface area contributed by atoms with Crippen LogP contribution in [0, 0.1) is 20.8 Å². The molecule has 320 valence electrons. The molecule has 18 heteroatoms.